The predicted octanol–water partition coefficient (Wildman–Crippen LogP) is 6.30. The summed E-state index contributed by atoms with van der Waals surface area (Å²) in [7, 11) is -1.35. The van der Waals surface area contributed by atoms with Crippen LogP contribution in [0.4, 0.5) is 5.69 Å². The Morgan fingerprint density at radius 1 is 0.750 bits per heavy atom. The van der Waals surface area contributed by atoms with Crippen molar-refractivity contribution in [1.29, 1.82) is 0 Å². The first-order valence-corrected chi connectivity index (χ1v) is 11.5. The van der Waals surface area contributed by atoms with Gasteiger partial charge in [0.15, 0.2) is 0 Å². The number of hydrogen-bond acceptors (Lipinski definition) is 1. The molecule has 0 aromatic heterocycles. The van der Waals surface area contributed by atoms with Crippen LogP contribution in [0.2, 0.25) is 19.6 Å². The van der Waals surface area contributed by atoms with Crippen molar-refractivity contribution >= 4 is 13.9 Å². The summed E-state index contributed by atoms with van der Waals surface area (Å²) in [6.07, 6.45) is 0. The summed E-state index contributed by atoms with van der Waals surface area (Å²) in [4.78, 5) is 3.89. The molecule has 1 N–H and O–H groups in total. The van der Waals surface area contributed by atoms with Crippen LogP contribution in [0.15, 0.2) is 12.1 Å². The second kappa shape index (κ2) is 6.34. The van der Waals surface area contributed by atoms with Gasteiger partial charge >= 0.3 is 0 Å². The molecule has 0 aliphatic carbocycles. The van der Waals surface area contributed by atoms with Gasteiger partial charge in [-0.2, -0.15) is 0 Å². The predicted molar refractivity (Wildman–Crippen MR) is 95.7 cm³/mol. The first kappa shape index (κ1) is 17.3. The molecule has 0 radical (unpaired) electrons. The molecule has 1 nitrogen and oxygen atoms in total. The molecule has 0 aliphatic heterocycles. The zero-order chi connectivity index (χ0) is 15.7. The monoisotopic (exact) mass is 291 g/mol. The van der Waals surface area contributed by atoms with Gasteiger partial charge in [0.25, 0.3) is 0 Å². The van der Waals surface area contributed by atoms with Crippen LogP contribution in [0.1, 0.15) is 76.0 Å². The van der Waals surface area contributed by atoms with Crippen molar-refractivity contribution in [1.82, 2.24) is 0 Å². The van der Waals surface area contributed by atoms with E-state index >= 15 is 0 Å². The molecule has 0 bridgehead atoms. The second-order valence-electron chi connectivity index (χ2n) is 7.91. The van der Waals surface area contributed by atoms with Crippen molar-refractivity contribution in [2.24, 2.45) is 0 Å². The van der Waals surface area contributed by atoms with Gasteiger partial charge < -0.3 is 4.98 Å². The third-order valence-electron chi connectivity index (χ3n) is 3.63. The Balaban J connectivity index is 3.51. The first-order valence-electron chi connectivity index (χ1n) is 7.98. The molecular weight excluding hydrogens is 258 g/mol. The average Bonchev–Trinajstić information content (AvgIpc) is 2.25. The Bertz CT molecular complexity index is 424. The van der Waals surface area contributed by atoms with E-state index in [2.05, 4.69) is 78.3 Å². The summed E-state index contributed by atoms with van der Waals surface area (Å²) in [6.45, 7) is 20.9. The van der Waals surface area contributed by atoms with Crippen molar-refractivity contribution in [2.45, 2.75) is 78.9 Å². The van der Waals surface area contributed by atoms with Gasteiger partial charge in [-0.1, -0.05) is 73.3 Å². The second-order valence-corrected chi connectivity index (χ2v) is 12.7. The van der Waals surface area contributed by atoms with Gasteiger partial charge in [0.05, 0.1) is 0 Å². The Morgan fingerprint density at radius 2 is 1.15 bits per heavy atom. The lowest BCUT2D eigenvalue weighted by Crippen LogP contribution is -2.33. The lowest BCUT2D eigenvalue weighted by atomic mass is 9.88. The van der Waals surface area contributed by atoms with Gasteiger partial charge in [-0.3, -0.25) is 0 Å². The van der Waals surface area contributed by atoms with E-state index in [-0.39, 0.29) is 0 Å². The van der Waals surface area contributed by atoms with Crippen LogP contribution < -0.4 is 4.98 Å². The van der Waals surface area contributed by atoms with Crippen molar-refractivity contribution in [2.75, 3.05) is 4.98 Å². The maximum absolute atomic E-state index is 3.89. The summed E-state index contributed by atoms with van der Waals surface area (Å²) in [5, 5.41) is 0. The minimum Gasteiger partial charge on any atom is -0.410 e. The van der Waals surface area contributed by atoms with Crippen LogP contribution in [0.3, 0.4) is 0 Å². The smallest absolute Gasteiger partial charge is 0.144 e. The van der Waals surface area contributed by atoms with E-state index < -0.39 is 8.24 Å². The molecule has 0 saturated carbocycles. The highest BCUT2D eigenvalue weighted by Crippen LogP contribution is 2.36. The van der Waals surface area contributed by atoms with Crippen LogP contribution >= 0.6 is 0 Å². The van der Waals surface area contributed by atoms with E-state index in [0.29, 0.717) is 17.8 Å². The molecule has 20 heavy (non-hydrogen) atoms. The number of nitrogens with one attached hydrogen (secondary N) is 1. The first-order chi connectivity index (χ1) is 9.03. The topological polar surface area (TPSA) is 12.0 Å². The quantitative estimate of drug-likeness (QED) is 0.627. The summed E-state index contributed by atoms with van der Waals surface area (Å²) < 4.78 is 0. The lowest BCUT2D eigenvalue weighted by Gasteiger charge is -2.29. The normalized spacial score (nSPS) is 12.6. The average molecular weight is 292 g/mol. The fraction of sp³-hybridized carbons (Fsp3) is 0.667. The standard InChI is InChI=1S/C18H33NSi/c1-12(2)15-10-16(13(3)4)18(19-20(7,8)9)17(11-15)14(5)6/h10-14,19H,1-9H3. The third kappa shape index (κ3) is 4.37. The van der Waals surface area contributed by atoms with Crippen LogP contribution in [-0.4, -0.2) is 8.24 Å². The highest BCUT2D eigenvalue weighted by molar-refractivity contribution is 6.79. The van der Waals surface area contributed by atoms with Crippen molar-refractivity contribution < 1.29 is 0 Å². The molecule has 0 amide bonds. The molecule has 0 unspecified atom stereocenters. The highest BCUT2D eigenvalue weighted by atomic mass is 28.3. The van der Waals surface area contributed by atoms with E-state index in [1.54, 1.807) is 0 Å². The zero-order valence-electron chi connectivity index (χ0n) is 14.9. The molecule has 1 aromatic rings. The maximum Gasteiger partial charge on any atom is 0.144 e. The Morgan fingerprint density at radius 3 is 1.40 bits per heavy atom. The minimum absolute atomic E-state index is 0.560. The SMILES string of the molecule is CC(C)c1cc(C(C)C)c(N[Si](C)(C)C)c(C(C)C)c1. The highest BCUT2D eigenvalue weighted by Gasteiger charge is 2.21. The number of anilines is 1. The Labute approximate surface area is 127 Å². The van der Waals surface area contributed by atoms with Crippen molar-refractivity contribution in [3.05, 3.63) is 28.8 Å². The largest absolute Gasteiger partial charge is 0.410 e. The fourth-order valence-electron chi connectivity index (χ4n) is 2.48. The van der Waals surface area contributed by atoms with Gasteiger partial charge in [0.2, 0.25) is 0 Å². The molecule has 0 spiro atoms. The van der Waals surface area contributed by atoms with Gasteiger partial charge in [-0.15, -0.1) is 0 Å². The van der Waals surface area contributed by atoms with Crippen LogP contribution in [0.25, 0.3) is 0 Å². The summed E-state index contributed by atoms with van der Waals surface area (Å²) in [6, 6.07) is 4.84. The molecule has 0 heterocycles. The maximum atomic E-state index is 3.89. The molecular formula is C18H33NSi. The van der Waals surface area contributed by atoms with Crippen LogP contribution in [0.5, 0.6) is 0 Å². The van der Waals surface area contributed by atoms with Gasteiger partial charge in [0, 0.05) is 5.69 Å². The third-order valence-corrected chi connectivity index (χ3v) is 4.63. The molecule has 0 atom stereocenters. The molecule has 0 aliphatic rings. The lowest BCUT2D eigenvalue weighted by molar-refractivity contribution is 0.808. The molecule has 1 rings (SSSR count). The minimum atomic E-state index is -1.35. The van der Waals surface area contributed by atoms with E-state index in [1.165, 1.54) is 22.4 Å². The Hall–Kier alpha value is -0.763. The molecule has 114 valence electrons. The van der Waals surface area contributed by atoms with E-state index in [1.807, 2.05) is 0 Å². The Kier molecular flexibility index (Phi) is 5.48. The van der Waals surface area contributed by atoms with Crippen molar-refractivity contribution in [3.8, 4) is 0 Å². The number of rotatable bonds is 5. The van der Waals surface area contributed by atoms with Crippen LogP contribution in [-0.2, 0) is 0 Å². The van der Waals surface area contributed by atoms with Crippen molar-refractivity contribution in [3.63, 3.8) is 0 Å². The summed E-state index contributed by atoms with van der Waals surface area (Å²) >= 11 is 0. The van der Waals surface area contributed by atoms with Crippen LogP contribution in [0, 0.1) is 0 Å². The molecule has 2 heteroatoms. The van der Waals surface area contributed by atoms with Gasteiger partial charge in [-0.25, -0.2) is 0 Å². The molecule has 0 saturated heterocycles. The molecule has 1 aromatic carbocycles. The summed E-state index contributed by atoms with van der Waals surface area (Å²) in [5.41, 5.74) is 5.86. The van der Waals surface area contributed by atoms with E-state index in [4.69, 9.17) is 0 Å². The van der Waals surface area contributed by atoms with Gasteiger partial charge in [0.1, 0.15) is 8.24 Å². The number of hydrogen-bond donors (Lipinski definition) is 1. The fourth-order valence-corrected chi connectivity index (χ4v) is 3.51. The van der Waals surface area contributed by atoms with E-state index in [0.717, 1.165) is 0 Å². The van der Waals surface area contributed by atoms with E-state index in [9.17, 15) is 0 Å². The summed E-state index contributed by atoms with van der Waals surface area (Å²) in [5.74, 6) is 1.71. The van der Waals surface area contributed by atoms with Gasteiger partial charge in [-0.05, 0) is 34.4 Å². The number of benzene rings is 1. The molecule has 0 fully saturated rings. The zero-order valence-corrected chi connectivity index (χ0v) is 15.9.